The van der Waals surface area contributed by atoms with Crippen molar-refractivity contribution in [3.8, 4) is 11.4 Å². The van der Waals surface area contributed by atoms with Gasteiger partial charge in [-0.1, -0.05) is 29.8 Å². The molecule has 1 aliphatic rings. The lowest BCUT2D eigenvalue weighted by molar-refractivity contribution is 0.932. The second kappa shape index (κ2) is 4.25. The van der Waals surface area contributed by atoms with Gasteiger partial charge in [0.15, 0.2) is 16.6 Å². The maximum Gasteiger partial charge on any atom is 0.186 e. The van der Waals surface area contributed by atoms with Gasteiger partial charge in [-0.3, -0.25) is 4.98 Å². The molecule has 1 aliphatic carbocycles. The number of halogens is 1. The van der Waals surface area contributed by atoms with Crippen LogP contribution >= 0.6 is 11.6 Å². The third-order valence-corrected chi connectivity index (χ3v) is 3.41. The Hall–Kier alpha value is -2.53. The average molecular weight is 282 g/mol. The van der Waals surface area contributed by atoms with Crippen molar-refractivity contribution in [1.29, 1.82) is 0 Å². The van der Waals surface area contributed by atoms with E-state index in [1.54, 1.807) is 16.9 Å². The first-order valence-electron chi connectivity index (χ1n) is 6.04. The van der Waals surface area contributed by atoms with Crippen LogP contribution in [0.2, 0.25) is 5.15 Å². The van der Waals surface area contributed by atoms with E-state index in [2.05, 4.69) is 20.3 Å². The van der Waals surface area contributed by atoms with Crippen LogP contribution in [0.25, 0.3) is 22.6 Å². The Balaban J connectivity index is 1.92. The van der Waals surface area contributed by atoms with Gasteiger partial charge in [0.25, 0.3) is 0 Å². The monoisotopic (exact) mass is 281 g/mol. The van der Waals surface area contributed by atoms with Gasteiger partial charge in [-0.15, -0.1) is 10.2 Å². The fraction of sp³-hybridized carbons (Fsp3) is 0. The highest BCUT2D eigenvalue weighted by Gasteiger charge is 2.15. The van der Waals surface area contributed by atoms with Crippen LogP contribution in [-0.2, 0) is 0 Å². The summed E-state index contributed by atoms with van der Waals surface area (Å²) in [5.41, 5.74) is 3.42. The standard InChI is InChI=1S/C14H8ClN5/c15-13-11(9-3-1-4-9)7-12-17-18-14(20(12)19-13)10-5-2-6-16-8-10/h1-8H. The first-order chi connectivity index (χ1) is 9.83. The highest BCUT2D eigenvalue weighted by molar-refractivity contribution is 6.31. The number of rotatable bonds is 2. The summed E-state index contributed by atoms with van der Waals surface area (Å²) in [6.45, 7) is 0. The van der Waals surface area contributed by atoms with Gasteiger partial charge in [0, 0.05) is 23.5 Å². The summed E-state index contributed by atoms with van der Waals surface area (Å²) in [6, 6.07) is 5.64. The van der Waals surface area contributed by atoms with Gasteiger partial charge in [0.05, 0.1) is 0 Å². The van der Waals surface area contributed by atoms with Crippen LogP contribution in [0.1, 0.15) is 5.56 Å². The van der Waals surface area contributed by atoms with E-state index in [9.17, 15) is 0 Å². The first-order valence-corrected chi connectivity index (χ1v) is 6.42. The molecule has 3 aromatic heterocycles. The van der Waals surface area contributed by atoms with Crippen molar-refractivity contribution in [2.75, 3.05) is 0 Å². The average Bonchev–Trinajstić information content (AvgIpc) is 2.81. The summed E-state index contributed by atoms with van der Waals surface area (Å²) in [7, 11) is 0. The lowest BCUT2D eigenvalue weighted by Crippen LogP contribution is -1.99. The van der Waals surface area contributed by atoms with Crippen LogP contribution in [0.3, 0.4) is 0 Å². The fourth-order valence-electron chi connectivity index (χ4n) is 2.06. The molecule has 0 atom stereocenters. The Morgan fingerprint density at radius 1 is 1.20 bits per heavy atom. The number of fused-ring (bicyclic) bond motifs is 1. The molecule has 0 saturated carbocycles. The quantitative estimate of drug-likeness (QED) is 0.725. The van der Waals surface area contributed by atoms with Crippen LogP contribution in [0.15, 0.2) is 48.8 Å². The van der Waals surface area contributed by atoms with Gasteiger partial charge in [-0.05, 0) is 23.8 Å². The largest absolute Gasteiger partial charge is 0.264 e. The highest BCUT2D eigenvalue weighted by atomic mass is 35.5. The molecule has 0 radical (unpaired) electrons. The predicted molar refractivity (Wildman–Crippen MR) is 76.1 cm³/mol. The molecule has 0 aromatic carbocycles. The van der Waals surface area contributed by atoms with E-state index in [-0.39, 0.29) is 0 Å². The van der Waals surface area contributed by atoms with Crippen molar-refractivity contribution in [3.05, 3.63) is 59.5 Å². The Bertz CT molecular complexity index is 864. The van der Waals surface area contributed by atoms with Crippen molar-refractivity contribution in [2.45, 2.75) is 0 Å². The summed E-state index contributed by atoms with van der Waals surface area (Å²) >= 11 is 6.25. The molecule has 3 aromatic rings. The zero-order chi connectivity index (χ0) is 13.5. The first kappa shape index (κ1) is 11.3. The highest BCUT2D eigenvalue weighted by Crippen LogP contribution is 2.29. The minimum Gasteiger partial charge on any atom is -0.264 e. The van der Waals surface area contributed by atoms with Gasteiger partial charge in [-0.25, -0.2) is 0 Å². The summed E-state index contributed by atoms with van der Waals surface area (Å²) in [6.07, 6.45) is 9.36. The van der Waals surface area contributed by atoms with Crippen LogP contribution in [0, 0.1) is 0 Å². The molecule has 0 bridgehead atoms. The van der Waals surface area contributed by atoms with Gasteiger partial charge in [0.2, 0.25) is 0 Å². The van der Waals surface area contributed by atoms with E-state index in [0.717, 1.165) is 16.7 Å². The predicted octanol–water partition coefficient (Wildman–Crippen LogP) is 2.79. The molecule has 96 valence electrons. The SMILES string of the molecule is Clc1nn2c(-c3cccnc3)nnc2cc1C1=CC=C1. The number of hydrogen-bond acceptors (Lipinski definition) is 4. The molecule has 0 saturated heterocycles. The minimum absolute atomic E-state index is 0.429. The number of nitrogens with zero attached hydrogens (tertiary/aromatic N) is 5. The zero-order valence-electron chi connectivity index (χ0n) is 10.2. The van der Waals surface area contributed by atoms with Crippen molar-refractivity contribution in [3.63, 3.8) is 0 Å². The van der Waals surface area contributed by atoms with Crippen molar-refractivity contribution in [2.24, 2.45) is 0 Å². The van der Waals surface area contributed by atoms with E-state index >= 15 is 0 Å². The zero-order valence-corrected chi connectivity index (χ0v) is 11.0. The Morgan fingerprint density at radius 2 is 2.10 bits per heavy atom. The molecule has 0 spiro atoms. The number of aromatic nitrogens is 5. The molecule has 0 aliphatic heterocycles. The normalized spacial score (nSPS) is 13.3. The van der Waals surface area contributed by atoms with Gasteiger partial charge in [0.1, 0.15) is 0 Å². The van der Waals surface area contributed by atoms with Crippen LogP contribution < -0.4 is 0 Å². The van der Waals surface area contributed by atoms with Crippen molar-refractivity contribution in [1.82, 2.24) is 24.8 Å². The molecule has 6 heteroatoms. The second-order valence-electron chi connectivity index (χ2n) is 4.37. The molecule has 5 nitrogen and oxygen atoms in total. The number of hydrogen-bond donors (Lipinski definition) is 0. The Kier molecular flexibility index (Phi) is 2.40. The Labute approximate surface area is 119 Å². The third-order valence-electron chi connectivity index (χ3n) is 3.13. The van der Waals surface area contributed by atoms with Crippen LogP contribution in [0.5, 0.6) is 0 Å². The van der Waals surface area contributed by atoms with E-state index in [0.29, 0.717) is 16.6 Å². The Morgan fingerprint density at radius 3 is 2.80 bits per heavy atom. The maximum atomic E-state index is 6.25. The van der Waals surface area contributed by atoms with E-state index in [4.69, 9.17) is 11.6 Å². The smallest absolute Gasteiger partial charge is 0.186 e. The topological polar surface area (TPSA) is 56.0 Å². The lowest BCUT2D eigenvalue weighted by atomic mass is 10.0. The van der Waals surface area contributed by atoms with Crippen LogP contribution in [-0.4, -0.2) is 24.8 Å². The molecule has 0 N–H and O–H groups in total. The fourth-order valence-corrected chi connectivity index (χ4v) is 2.30. The number of allylic oxidation sites excluding steroid dienone is 4. The van der Waals surface area contributed by atoms with E-state index in [1.807, 2.05) is 36.4 Å². The summed E-state index contributed by atoms with van der Waals surface area (Å²) < 4.78 is 1.63. The van der Waals surface area contributed by atoms with Gasteiger partial charge >= 0.3 is 0 Å². The third kappa shape index (κ3) is 1.64. The van der Waals surface area contributed by atoms with Gasteiger partial charge < -0.3 is 0 Å². The van der Waals surface area contributed by atoms with Crippen molar-refractivity contribution < 1.29 is 0 Å². The molecule has 0 unspecified atom stereocenters. The summed E-state index contributed by atoms with van der Waals surface area (Å²) in [4.78, 5) is 4.08. The number of pyridine rings is 1. The molecule has 0 fully saturated rings. The molecule has 3 heterocycles. The van der Waals surface area contributed by atoms with E-state index in [1.165, 1.54) is 0 Å². The van der Waals surface area contributed by atoms with Crippen molar-refractivity contribution >= 4 is 22.8 Å². The van der Waals surface area contributed by atoms with Gasteiger partial charge in [-0.2, -0.15) is 9.61 Å². The molecule has 20 heavy (non-hydrogen) atoms. The lowest BCUT2D eigenvalue weighted by Gasteiger charge is -2.09. The van der Waals surface area contributed by atoms with Crippen LogP contribution in [0.4, 0.5) is 0 Å². The molecular weight excluding hydrogens is 274 g/mol. The molecular formula is C14H8ClN5. The molecule has 0 amide bonds. The maximum absolute atomic E-state index is 6.25. The molecule has 4 rings (SSSR count). The minimum atomic E-state index is 0.429. The van der Waals surface area contributed by atoms with E-state index < -0.39 is 0 Å². The second-order valence-corrected chi connectivity index (χ2v) is 4.72. The summed E-state index contributed by atoms with van der Waals surface area (Å²) in [5.74, 6) is 0.625. The summed E-state index contributed by atoms with van der Waals surface area (Å²) in [5, 5.41) is 13.1.